The Morgan fingerprint density at radius 3 is 2.68 bits per heavy atom. The lowest BCUT2D eigenvalue weighted by Crippen LogP contribution is -2.16. The second-order valence-corrected chi connectivity index (χ2v) is 7.39. The van der Waals surface area contributed by atoms with Crippen molar-refractivity contribution in [2.24, 2.45) is 0 Å². The molecule has 9 nitrogen and oxygen atoms in total. The smallest absolute Gasteiger partial charge is 0.258 e. The van der Waals surface area contributed by atoms with Crippen molar-refractivity contribution in [2.45, 2.75) is 18.7 Å². The highest BCUT2D eigenvalue weighted by Gasteiger charge is 2.26. The Bertz CT molecular complexity index is 1110. The molecule has 0 aliphatic rings. The zero-order chi connectivity index (χ0) is 18.4. The number of nitrogens with one attached hydrogen (secondary N) is 1. The molecule has 25 heavy (non-hydrogen) atoms. The van der Waals surface area contributed by atoms with E-state index in [-0.39, 0.29) is 22.1 Å². The van der Waals surface area contributed by atoms with Crippen LogP contribution < -0.4 is 4.72 Å². The van der Waals surface area contributed by atoms with Gasteiger partial charge in [0.2, 0.25) is 0 Å². The van der Waals surface area contributed by atoms with E-state index in [1.54, 1.807) is 13.0 Å². The number of rotatable bonds is 4. The van der Waals surface area contributed by atoms with E-state index in [1.807, 2.05) is 0 Å². The Morgan fingerprint density at radius 2 is 2.00 bits per heavy atom. The van der Waals surface area contributed by atoms with Crippen LogP contribution in [0.2, 0.25) is 5.02 Å². The Hall–Kier alpha value is -2.72. The fraction of sp³-hybridized carbons (Fsp3) is 0.143. The summed E-state index contributed by atoms with van der Waals surface area (Å²) < 4.78 is 28.8. The zero-order valence-electron chi connectivity index (χ0n) is 13.1. The molecule has 0 fully saturated rings. The van der Waals surface area contributed by atoms with E-state index in [4.69, 9.17) is 11.6 Å². The summed E-state index contributed by atoms with van der Waals surface area (Å²) in [6.45, 7) is 2.93. The normalized spacial score (nSPS) is 11.6. The number of pyridine rings is 1. The number of sulfonamides is 1. The van der Waals surface area contributed by atoms with Gasteiger partial charge in [0.15, 0.2) is 5.65 Å². The molecule has 2 aromatic heterocycles. The van der Waals surface area contributed by atoms with Gasteiger partial charge in [-0.15, -0.1) is 5.10 Å². The first kappa shape index (κ1) is 17.1. The van der Waals surface area contributed by atoms with Crippen LogP contribution in [0.3, 0.4) is 0 Å². The van der Waals surface area contributed by atoms with Gasteiger partial charge in [0.05, 0.1) is 9.82 Å². The van der Waals surface area contributed by atoms with Gasteiger partial charge < -0.3 is 0 Å². The van der Waals surface area contributed by atoms with E-state index in [2.05, 4.69) is 14.8 Å². The molecular weight excluding hydrogens is 370 g/mol. The number of nitrogens with zero attached hydrogens (tertiary/aromatic N) is 4. The molecule has 1 aromatic carbocycles. The number of nitro benzene ring substituents is 1. The van der Waals surface area contributed by atoms with Crippen LogP contribution in [-0.4, -0.2) is 27.9 Å². The molecule has 0 unspecified atom stereocenters. The third-order valence-corrected chi connectivity index (χ3v) is 5.29. The second-order valence-electron chi connectivity index (χ2n) is 5.30. The first-order valence-corrected chi connectivity index (χ1v) is 8.84. The van der Waals surface area contributed by atoms with Gasteiger partial charge >= 0.3 is 0 Å². The van der Waals surface area contributed by atoms with Crippen LogP contribution in [0, 0.1) is 24.0 Å². The van der Waals surface area contributed by atoms with Gasteiger partial charge in [0, 0.05) is 28.4 Å². The largest absolute Gasteiger partial charge is 0.276 e. The summed E-state index contributed by atoms with van der Waals surface area (Å²) in [4.78, 5) is 14.4. The summed E-state index contributed by atoms with van der Waals surface area (Å²) >= 11 is 5.86. The fourth-order valence-corrected chi connectivity index (χ4v) is 3.80. The van der Waals surface area contributed by atoms with Gasteiger partial charge in [-0.1, -0.05) is 17.7 Å². The van der Waals surface area contributed by atoms with Crippen molar-refractivity contribution in [3.05, 3.63) is 56.7 Å². The first-order valence-electron chi connectivity index (χ1n) is 6.98. The summed E-state index contributed by atoms with van der Waals surface area (Å²) in [5, 5.41) is 15.6. The molecule has 0 aliphatic carbocycles. The van der Waals surface area contributed by atoms with Crippen LogP contribution in [-0.2, 0) is 10.0 Å². The van der Waals surface area contributed by atoms with Crippen LogP contribution in [0.4, 0.5) is 11.6 Å². The Labute approximate surface area is 147 Å². The molecule has 0 bridgehead atoms. The van der Waals surface area contributed by atoms with Crippen molar-refractivity contribution in [2.75, 3.05) is 4.72 Å². The second kappa shape index (κ2) is 5.97. The van der Waals surface area contributed by atoms with Gasteiger partial charge in [0.25, 0.3) is 21.7 Å². The summed E-state index contributed by atoms with van der Waals surface area (Å²) in [5.41, 5.74) is 0.542. The highest BCUT2D eigenvalue weighted by atomic mass is 35.5. The lowest BCUT2D eigenvalue weighted by atomic mass is 10.1. The highest BCUT2D eigenvalue weighted by Crippen LogP contribution is 2.29. The molecule has 2 heterocycles. The van der Waals surface area contributed by atoms with E-state index < -0.39 is 14.9 Å². The molecule has 0 saturated heterocycles. The molecule has 0 saturated carbocycles. The number of aryl methyl sites for hydroxylation is 1. The molecule has 3 rings (SSSR count). The minimum atomic E-state index is -4.10. The standard InChI is InChI=1S/C14H12ClN5O4S/c1-8-3-4-11(9(2)13(8)20(21)22)25(23,24)18-14-16-12-7-10(15)5-6-19(12)17-14/h3-7H,1-2H3,(H,17,18). The summed E-state index contributed by atoms with van der Waals surface area (Å²) in [6.07, 6.45) is 1.53. The van der Waals surface area contributed by atoms with Crippen LogP contribution in [0.1, 0.15) is 11.1 Å². The molecule has 3 aromatic rings. The summed E-state index contributed by atoms with van der Waals surface area (Å²) in [6, 6.07) is 5.80. The van der Waals surface area contributed by atoms with E-state index in [9.17, 15) is 18.5 Å². The number of hydrogen-bond donors (Lipinski definition) is 1. The average molecular weight is 382 g/mol. The molecule has 130 valence electrons. The maximum atomic E-state index is 12.6. The highest BCUT2D eigenvalue weighted by molar-refractivity contribution is 7.92. The van der Waals surface area contributed by atoms with Crippen LogP contribution in [0.5, 0.6) is 0 Å². The van der Waals surface area contributed by atoms with Crippen molar-refractivity contribution in [1.82, 2.24) is 14.6 Å². The van der Waals surface area contributed by atoms with Crippen LogP contribution in [0.15, 0.2) is 35.4 Å². The number of fused-ring (bicyclic) bond motifs is 1. The van der Waals surface area contributed by atoms with E-state index in [0.29, 0.717) is 16.2 Å². The van der Waals surface area contributed by atoms with Gasteiger partial charge in [0.1, 0.15) is 0 Å². The van der Waals surface area contributed by atoms with E-state index >= 15 is 0 Å². The molecule has 0 aliphatic heterocycles. The topological polar surface area (TPSA) is 120 Å². The van der Waals surface area contributed by atoms with Crippen molar-refractivity contribution in [3.8, 4) is 0 Å². The molecule has 11 heteroatoms. The number of anilines is 1. The Kier molecular flexibility index (Phi) is 4.09. The van der Waals surface area contributed by atoms with Crippen molar-refractivity contribution in [3.63, 3.8) is 0 Å². The van der Waals surface area contributed by atoms with Crippen molar-refractivity contribution >= 4 is 38.9 Å². The minimum Gasteiger partial charge on any atom is -0.258 e. The zero-order valence-corrected chi connectivity index (χ0v) is 14.7. The fourth-order valence-electron chi connectivity index (χ4n) is 2.46. The molecular formula is C14H12ClN5O4S. The van der Waals surface area contributed by atoms with Gasteiger partial charge in [-0.2, -0.15) is 4.98 Å². The number of halogens is 1. The van der Waals surface area contributed by atoms with Gasteiger partial charge in [-0.3, -0.25) is 10.1 Å². The van der Waals surface area contributed by atoms with Gasteiger partial charge in [-0.25, -0.2) is 17.7 Å². The van der Waals surface area contributed by atoms with E-state index in [1.165, 1.54) is 35.8 Å². The van der Waals surface area contributed by atoms with Gasteiger partial charge in [-0.05, 0) is 26.0 Å². The van der Waals surface area contributed by atoms with Crippen LogP contribution in [0.25, 0.3) is 5.65 Å². The number of nitro groups is 1. The SMILES string of the molecule is Cc1ccc(S(=O)(=O)Nc2nc3cc(Cl)ccn3n2)c(C)c1[N+](=O)[O-]. The maximum Gasteiger partial charge on any atom is 0.276 e. The summed E-state index contributed by atoms with van der Waals surface area (Å²) in [5.74, 6) is -0.162. The first-order chi connectivity index (χ1) is 11.7. The minimum absolute atomic E-state index is 0.0457. The molecule has 1 N–H and O–H groups in total. The van der Waals surface area contributed by atoms with Crippen molar-refractivity contribution in [1.29, 1.82) is 0 Å². The third kappa shape index (κ3) is 3.13. The molecule has 0 spiro atoms. The predicted octanol–water partition coefficient (Wildman–Crippen LogP) is 2.71. The predicted molar refractivity (Wildman–Crippen MR) is 91.4 cm³/mol. The molecule has 0 atom stereocenters. The Morgan fingerprint density at radius 1 is 1.28 bits per heavy atom. The van der Waals surface area contributed by atoms with E-state index in [0.717, 1.165) is 0 Å². The lowest BCUT2D eigenvalue weighted by Gasteiger charge is -2.09. The number of hydrogen-bond acceptors (Lipinski definition) is 6. The Balaban J connectivity index is 2.04. The number of benzene rings is 1. The monoisotopic (exact) mass is 381 g/mol. The third-order valence-electron chi connectivity index (χ3n) is 3.58. The van der Waals surface area contributed by atoms with Crippen LogP contribution >= 0.6 is 11.6 Å². The van der Waals surface area contributed by atoms with Crippen molar-refractivity contribution < 1.29 is 13.3 Å². The molecule has 0 amide bonds. The lowest BCUT2D eigenvalue weighted by molar-refractivity contribution is -0.386. The maximum absolute atomic E-state index is 12.6. The molecule has 0 radical (unpaired) electrons. The quantitative estimate of drug-likeness (QED) is 0.548. The summed E-state index contributed by atoms with van der Waals surface area (Å²) in [7, 11) is -4.10. The average Bonchev–Trinajstić information content (AvgIpc) is 2.86. The number of aromatic nitrogens is 3.